The van der Waals surface area contributed by atoms with E-state index in [9.17, 15) is 4.39 Å². The molecule has 0 aromatic heterocycles. The molecule has 3 heteroatoms. The number of hydrogen-bond donors (Lipinski definition) is 1. The normalized spacial score (nSPS) is 11.6. The predicted molar refractivity (Wildman–Crippen MR) is 69.1 cm³/mol. The molecule has 1 aromatic carbocycles. The molecule has 0 fully saturated rings. The number of rotatable bonds is 6. The summed E-state index contributed by atoms with van der Waals surface area (Å²) >= 11 is 0. The summed E-state index contributed by atoms with van der Waals surface area (Å²) in [4.78, 5) is 0. The van der Waals surface area contributed by atoms with Gasteiger partial charge in [0.1, 0.15) is 11.4 Å². The predicted octanol–water partition coefficient (Wildman–Crippen LogP) is 3.18. The molecule has 0 radical (unpaired) electrons. The van der Waals surface area contributed by atoms with Gasteiger partial charge in [-0.25, -0.2) is 4.39 Å². The highest BCUT2D eigenvalue weighted by atomic mass is 19.1. The number of ether oxygens (including phenoxy) is 1. The van der Waals surface area contributed by atoms with Crippen LogP contribution in [0.1, 0.15) is 37.8 Å². The smallest absolute Gasteiger partial charge is 0.130 e. The highest BCUT2D eigenvalue weighted by molar-refractivity contribution is 5.39. The van der Waals surface area contributed by atoms with Crippen molar-refractivity contribution >= 4 is 0 Å². The molecule has 1 rings (SSSR count). The number of halogens is 1. The minimum Gasteiger partial charge on any atom is -0.496 e. The molecule has 0 unspecified atom stereocenters. The minimum atomic E-state index is -1.31. The van der Waals surface area contributed by atoms with Crippen molar-refractivity contribution < 1.29 is 9.13 Å². The Morgan fingerprint density at radius 3 is 2.53 bits per heavy atom. The number of hydrogen-bond acceptors (Lipinski definition) is 2. The van der Waals surface area contributed by atoms with E-state index in [4.69, 9.17) is 10.5 Å². The second-order valence-corrected chi connectivity index (χ2v) is 4.74. The van der Waals surface area contributed by atoms with Crippen molar-refractivity contribution in [3.8, 4) is 5.75 Å². The van der Waals surface area contributed by atoms with Crippen molar-refractivity contribution in [3.63, 3.8) is 0 Å². The van der Waals surface area contributed by atoms with E-state index in [1.807, 2.05) is 12.1 Å². The van der Waals surface area contributed by atoms with Crippen LogP contribution in [0.2, 0.25) is 0 Å². The Balaban J connectivity index is 2.90. The van der Waals surface area contributed by atoms with Gasteiger partial charge in [-0.15, -0.1) is 0 Å². The molecule has 0 saturated heterocycles. The summed E-state index contributed by atoms with van der Waals surface area (Å²) in [6, 6.07) is 5.52. The summed E-state index contributed by atoms with van der Waals surface area (Å²) in [5.41, 5.74) is 5.92. The molecule has 0 saturated carbocycles. The van der Waals surface area contributed by atoms with Gasteiger partial charge in [0.2, 0.25) is 0 Å². The Hall–Kier alpha value is -1.09. The lowest BCUT2D eigenvalue weighted by Gasteiger charge is -2.17. The van der Waals surface area contributed by atoms with Crippen LogP contribution in [0.25, 0.3) is 0 Å². The third-order valence-corrected chi connectivity index (χ3v) is 2.87. The van der Waals surface area contributed by atoms with Gasteiger partial charge in [0.25, 0.3) is 0 Å². The molecule has 2 nitrogen and oxygen atoms in total. The van der Waals surface area contributed by atoms with Crippen LogP contribution >= 0.6 is 0 Å². The van der Waals surface area contributed by atoms with Gasteiger partial charge in [-0.05, 0) is 62.9 Å². The molecule has 0 bridgehead atoms. The number of aryl methyl sites for hydroxylation is 1. The van der Waals surface area contributed by atoms with Crippen LogP contribution in [0.5, 0.6) is 5.75 Å². The fourth-order valence-corrected chi connectivity index (χ4v) is 1.80. The van der Waals surface area contributed by atoms with Crippen molar-refractivity contribution in [2.45, 2.75) is 38.8 Å². The second kappa shape index (κ2) is 6.01. The van der Waals surface area contributed by atoms with Gasteiger partial charge in [-0.3, -0.25) is 0 Å². The van der Waals surface area contributed by atoms with Crippen LogP contribution in [0.4, 0.5) is 4.39 Å². The molecule has 2 N–H and O–H groups in total. The zero-order valence-electron chi connectivity index (χ0n) is 10.9. The Morgan fingerprint density at radius 1 is 1.29 bits per heavy atom. The fraction of sp³-hybridized carbons (Fsp3) is 0.571. The van der Waals surface area contributed by atoms with Crippen molar-refractivity contribution in [1.29, 1.82) is 0 Å². The van der Waals surface area contributed by atoms with Crippen molar-refractivity contribution in [1.82, 2.24) is 0 Å². The lowest BCUT2D eigenvalue weighted by atomic mass is 9.95. The number of alkyl halides is 1. The maximum absolute atomic E-state index is 13.9. The third-order valence-electron chi connectivity index (χ3n) is 2.87. The largest absolute Gasteiger partial charge is 0.496 e. The fourth-order valence-electron chi connectivity index (χ4n) is 1.80. The monoisotopic (exact) mass is 239 g/mol. The molecular weight excluding hydrogens is 217 g/mol. The van der Waals surface area contributed by atoms with Crippen LogP contribution in [0.3, 0.4) is 0 Å². The highest BCUT2D eigenvalue weighted by Crippen LogP contribution is 2.30. The molecule has 17 heavy (non-hydrogen) atoms. The van der Waals surface area contributed by atoms with E-state index in [0.29, 0.717) is 12.1 Å². The van der Waals surface area contributed by atoms with Crippen LogP contribution in [0, 0.1) is 0 Å². The van der Waals surface area contributed by atoms with Gasteiger partial charge < -0.3 is 10.5 Å². The summed E-state index contributed by atoms with van der Waals surface area (Å²) in [6.07, 6.45) is 2.86. The Morgan fingerprint density at radius 2 is 2.00 bits per heavy atom. The van der Waals surface area contributed by atoms with Crippen LogP contribution in [-0.2, 0) is 12.1 Å². The zero-order chi connectivity index (χ0) is 12.9. The first-order valence-electron chi connectivity index (χ1n) is 6.05. The molecule has 0 amide bonds. The average molecular weight is 239 g/mol. The maximum atomic E-state index is 13.9. The van der Waals surface area contributed by atoms with Crippen molar-refractivity contribution in [2.75, 3.05) is 13.7 Å². The number of methoxy groups -OCH3 is 1. The minimum absolute atomic E-state index is 0.691. The molecular formula is C14H22FNO. The number of unbranched alkanes of at least 4 members (excludes halogenated alkanes) is 1. The maximum Gasteiger partial charge on any atom is 0.130 e. The van der Waals surface area contributed by atoms with Gasteiger partial charge >= 0.3 is 0 Å². The van der Waals surface area contributed by atoms with Crippen LogP contribution in [0.15, 0.2) is 18.2 Å². The highest BCUT2D eigenvalue weighted by Gasteiger charge is 2.19. The van der Waals surface area contributed by atoms with E-state index in [1.165, 1.54) is 0 Å². The Bertz CT molecular complexity index is 358. The quantitative estimate of drug-likeness (QED) is 0.774. The molecule has 0 aliphatic heterocycles. The van der Waals surface area contributed by atoms with Crippen molar-refractivity contribution in [3.05, 3.63) is 29.3 Å². The van der Waals surface area contributed by atoms with Crippen molar-refractivity contribution in [2.24, 2.45) is 5.73 Å². The van der Waals surface area contributed by atoms with E-state index in [-0.39, 0.29) is 0 Å². The molecule has 0 spiro atoms. The van der Waals surface area contributed by atoms with Gasteiger partial charge in [0.15, 0.2) is 0 Å². The average Bonchev–Trinajstić information content (AvgIpc) is 2.28. The number of nitrogens with two attached hydrogens (primary N) is 1. The Kier molecular flexibility index (Phi) is 4.94. The van der Waals surface area contributed by atoms with Gasteiger partial charge in [-0.2, -0.15) is 0 Å². The molecule has 0 atom stereocenters. The molecule has 1 aromatic rings. The topological polar surface area (TPSA) is 35.2 Å². The van der Waals surface area contributed by atoms with E-state index in [0.717, 1.165) is 30.6 Å². The van der Waals surface area contributed by atoms with E-state index < -0.39 is 5.67 Å². The van der Waals surface area contributed by atoms with Gasteiger partial charge in [0, 0.05) is 0 Å². The Labute approximate surface area is 103 Å². The first kappa shape index (κ1) is 14.0. The van der Waals surface area contributed by atoms with Gasteiger partial charge in [0.05, 0.1) is 7.11 Å². The van der Waals surface area contributed by atoms with Crippen LogP contribution in [-0.4, -0.2) is 13.7 Å². The summed E-state index contributed by atoms with van der Waals surface area (Å²) < 4.78 is 19.2. The van der Waals surface area contributed by atoms with E-state index in [1.54, 1.807) is 27.0 Å². The molecule has 0 aliphatic rings. The summed E-state index contributed by atoms with van der Waals surface area (Å²) in [5.74, 6) is 0.829. The lowest BCUT2D eigenvalue weighted by molar-refractivity contribution is 0.221. The van der Waals surface area contributed by atoms with E-state index in [2.05, 4.69) is 0 Å². The zero-order valence-corrected chi connectivity index (χ0v) is 10.9. The third kappa shape index (κ3) is 4.00. The van der Waals surface area contributed by atoms with Gasteiger partial charge in [-0.1, -0.05) is 6.07 Å². The van der Waals surface area contributed by atoms with Crippen LogP contribution < -0.4 is 10.5 Å². The number of benzene rings is 1. The van der Waals surface area contributed by atoms with E-state index >= 15 is 0 Å². The first-order valence-corrected chi connectivity index (χ1v) is 6.05. The second-order valence-electron chi connectivity index (χ2n) is 4.74. The molecule has 96 valence electrons. The summed E-state index contributed by atoms with van der Waals surface area (Å²) in [5, 5.41) is 0. The standard InChI is InChI=1S/C14H22FNO/c1-14(2,15)12-7-8-13(17-3)11(10-12)6-4-5-9-16/h7-8,10H,4-6,9,16H2,1-3H3. The lowest BCUT2D eigenvalue weighted by Crippen LogP contribution is -2.10. The SMILES string of the molecule is COc1ccc(C(C)(C)F)cc1CCCCN. The summed E-state index contributed by atoms with van der Waals surface area (Å²) in [6.45, 7) is 3.83. The molecule has 0 heterocycles. The molecule has 0 aliphatic carbocycles. The first-order chi connectivity index (χ1) is 7.99. The summed E-state index contributed by atoms with van der Waals surface area (Å²) in [7, 11) is 1.64.